The highest BCUT2D eigenvalue weighted by Crippen LogP contribution is 2.14. The van der Waals surface area contributed by atoms with Crippen LogP contribution >= 0.6 is 0 Å². The lowest BCUT2D eigenvalue weighted by Crippen LogP contribution is -2.30. The van der Waals surface area contributed by atoms with Gasteiger partial charge in [-0.05, 0) is 103 Å². The fraction of sp³-hybridized carbons (Fsp3) is 0.615. The number of ether oxygens (including phenoxy) is 3. The molecule has 0 heterocycles. The van der Waals surface area contributed by atoms with E-state index in [1.807, 2.05) is 60.8 Å². The second-order valence-corrected chi connectivity index (χ2v) is 18.6. The van der Waals surface area contributed by atoms with E-state index in [0.29, 0.717) is 19.3 Å². The third-order valence-corrected chi connectivity index (χ3v) is 11.8. The maximum absolute atomic E-state index is 12.9. The maximum atomic E-state index is 12.9. The Morgan fingerprint density at radius 1 is 0.310 bits per heavy atom. The Morgan fingerprint density at radius 2 is 0.620 bits per heavy atom. The molecule has 71 heavy (non-hydrogen) atoms. The van der Waals surface area contributed by atoms with Gasteiger partial charge in [-0.3, -0.25) is 14.4 Å². The predicted octanol–water partition coefficient (Wildman–Crippen LogP) is 19.4. The molecule has 0 aliphatic heterocycles. The van der Waals surface area contributed by atoms with E-state index in [0.717, 1.165) is 103 Å². The van der Waals surface area contributed by atoms with Crippen molar-refractivity contribution in [2.45, 2.75) is 245 Å². The Labute approximate surface area is 436 Å². The van der Waals surface area contributed by atoms with Crippen LogP contribution in [0.2, 0.25) is 0 Å². The van der Waals surface area contributed by atoms with Crippen LogP contribution in [-0.2, 0) is 28.6 Å². The number of carbonyl (C=O) groups is 3. The van der Waals surface area contributed by atoms with Gasteiger partial charge < -0.3 is 14.2 Å². The van der Waals surface area contributed by atoms with Gasteiger partial charge in [-0.15, -0.1) is 0 Å². The molecule has 0 spiro atoms. The minimum Gasteiger partial charge on any atom is -0.462 e. The lowest BCUT2D eigenvalue weighted by molar-refractivity contribution is -0.167. The highest BCUT2D eigenvalue weighted by atomic mass is 16.6. The van der Waals surface area contributed by atoms with Crippen molar-refractivity contribution in [3.8, 4) is 0 Å². The second kappa shape index (κ2) is 58.1. The first-order valence-corrected chi connectivity index (χ1v) is 28.8. The summed E-state index contributed by atoms with van der Waals surface area (Å²) in [6, 6.07) is 0. The van der Waals surface area contributed by atoms with Crippen LogP contribution in [0.25, 0.3) is 0 Å². The van der Waals surface area contributed by atoms with E-state index in [2.05, 4.69) is 93.7 Å². The van der Waals surface area contributed by atoms with E-state index in [-0.39, 0.29) is 37.5 Å². The molecule has 0 radical (unpaired) electrons. The normalized spacial score (nSPS) is 13.1. The fourth-order valence-electron chi connectivity index (χ4n) is 7.52. The van der Waals surface area contributed by atoms with E-state index in [1.165, 1.54) is 89.9 Å². The van der Waals surface area contributed by atoms with Gasteiger partial charge in [0, 0.05) is 19.3 Å². The molecule has 0 N–H and O–H groups in total. The lowest BCUT2D eigenvalue weighted by Gasteiger charge is -2.18. The Hall–Kier alpha value is -4.45. The first-order chi connectivity index (χ1) is 35.0. The smallest absolute Gasteiger partial charge is 0.306 e. The fourth-order valence-corrected chi connectivity index (χ4v) is 7.52. The first-order valence-electron chi connectivity index (χ1n) is 28.8. The molecule has 0 aromatic rings. The summed E-state index contributed by atoms with van der Waals surface area (Å²) in [5.41, 5.74) is 0. The molecule has 0 saturated carbocycles. The summed E-state index contributed by atoms with van der Waals surface area (Å²) in [7, 11) is 0. The Balaban J connectivity index is 4.51. The summed E-state index contributed by atoms with van der Waals surface area (Å²) in [5, 5.41) is 0. The van der Waals surface area contributed by atoms with Crippen molar-refractivity contribution in [2.75, 3.05) is 13.2 Å². The van der Waals surface area contributed by atoms with Crippen molar-refractivity contribution in [1.82, 2.24) is 0 Å². The molecule has 0 aromatic carbocycles. The van der Waals surface area contributed by atoms with Crippen LogP contribution < -0.4 is 0 Å². The number of hydrogen-bond donors (Lipinski definition) is 0. The summed E-state index contributed by atoms with van der Waals surface area (Å²) in [4.78, 5) is 38.2. The molecule has 0 aliphatic rings. The van der Waals surface area contributed by atoms with Crippen molar-refractivity contribution in [3.05, 3.63) is 134 Å². The van der Waals surface area contributed by atoms with Crippen LogP contribution in [0.4, 0.5) is 0 Å². The Bertz CT molecular complexity index is 1550. The molecule has 0 aliphatic carbocycles. The van der Waals surface area contributed by atoms with Crippen molar-refractivity contribution in [2.24, 2.45) is 0 Å². The molecule has 400 valence electrons. The summed E-state index contributed by atoms with van der Waals surface area (Å²) in [5.74, 6) is -0.966. The van der Waals surface area contributed by atoms with E-state index < -0.39 is 6.10 Å². The largest absolute Gasteiger partial charge is 0.462 e. The van der Waals surface area contributed by atoms with Gasteiger partial charge in [-0.25, -0.2) is 0 Å². The van der Waals surface area contributed by atoms with E-state index in [4.69, 9.17) is 14.2 Å². The molecule has 6 nitrogen and oxygen atoms in total. The molecule has 0 amide bonds. The van der Waals surface area contributed by atoms with Crippen molar-refractivity contribution in [3.63, 3.8) is 0 Å². The van der Waals surface area contributed by atoms with Crippen LogP contribution in [0.15, 0.2) is 134 Å². The van der Waals surface area contributed by atoms with Crippen molar-refractivity contribution < 1.29 is 28.6 Å². The summed E-state index contributed by atoms with van der Waals surface area (Å²) in [6.45, 7) is 6.31. The lowest BCUT2D eigenvalue weighted by atomic mass is 10.1. The zero-order chi connectivity index (χ0) is 51.4. The zero-order valence-corrected chi connectivity index (χ0v) is 45.7. The van der Waals surface area contributed by atoms with Gasteiger partial charge in [0.2, 0.25) is 0 Å². The van der Waals surface area contributed by atoms with Crippen LogP contribution in [0.3, 0.4) is 0 Å². The van der Waals surface area contributed by atoms with Crippen LogP contribution in [-0.4, -0.2) is 37.2 Å². The number of carbonyl (C=O) groups excluding carboxylic acids is 3. The van der Waals surface area contributed by atoms with Gasteiger partial charge in [-0.1, -0.05) is 251 Å². The molecular formula is C65H104O6. The minimum atomic E-state index is -0.813. The topological polar surface area (TPSA) is 78.9 Å². The van der Waals surface area contributed by atoms with Crippen molar-refractivity contribution in [1.29, 1.82) is 0 Å². The quantitative estimate of drug-likeness (QED) is 0.0199. The van der Waals surface area contributed by atoms with Crippen LogP contribution in [0.5, 0.6) is 0 Å². The minimum absolute atomic E-state index is 0.106. The number of allylic oxidation sites excluding steroid dienone is 22. The average molecular weight is 982 g/mol. The van der Waals surface area contributed by atoms with Crippen molar-refractivity contribution >= 4 is 17.9 Å². The van der Waals surface area contributed by atoms with Crippen LogP contribution in [0, 0.1) is 0 Å². The second-order valence-electron chi connectivity index (χ2n) is 18.6. The third-order valence-electron chi connectivity index (χ3n) is 11.8. The van der Waals surface area contributed by atoms with Gasteiger partial charge in [0.05, 0.1) is 0 Å². The first kappa shape index (κ1) is 66.6. The molecule has 0 bridgehead atoms. The van der Waals surface area contributed by atoms with E-state index in [9.17, 15) is 14.4 Å². The molecule has 0 saturated heterocycles. The summed E-state index contributed by atoms with van der Waals surface area (Å²) >= 11 is 0. The number of unbranched alkanes of at least 4 members (excludes halogenated alkanes) is 22. The zero-order valence-electron chi connectivity index (χ0n) is 45.7. The van der Waals surface area contributed by atoms with Gasteiger partial charge in [0.25, 0.3) is 0 Å². The Morgan fingerprint density at radius 3 is 1.04 bits per heavy atom. The molecule has 1 unspecified atom stereocenters. The van der Waals surface area contributed by atoms with E-state index in [1.54, 1.807) is 0 Å². The predicted molar refractivity (Wildman–Crippen MR) is 306 cm³/mol. The number of rotatable bonds is 50. The molecule has 0 fully saturated rings. The average Bonchev–Trinajstić information content (AvgIpc) is 3.37. The standard InChI is InChI=1S/C65H104O6/c1-4-7-10-13-16-19-22-25-28-31-32-35-37-40-43-46-49-52-55-58-64(67)70-61-62(71-65(68)59-56-53-50-47-44-41-38-34-30-27-24-21-18-15-12-9-6-3)60-69-63(66)57-54-51-48-45-42-39-36-33-29-26-23-20-17-14-11-8-5-2/h7,9-10,12,15-21,24-30,34,38,41,44,62H,4-6,8,11,13-14,22-23,31-33,35-37,39-40,42-43,45-61H2,1-3H3/b10-7-,12-9-,18-15-,19-16-,20-17-,24-21-,28-25-,29-26-,30-27-,38-34+,44-41-. The third kappa shape index (κ3) is 56.3. The SMILES string of the molecule is CC\C=C/C=C\C=C/C=C\C=C\C=C/CCCCCC(=O)OC(COC(=O)CCCCCCCCC/C=C\C/C=C\CCCCC)COC(=O)CCCCCCCCCCC/C=C\C/C=C\C/C=C\CC. The van der Waals surface area contributed by atoms with E-state index >= 15 is 0 Å². The highest BCUT2D eigenvalue weighted by Gasteiger charge is 2.19. The monoisotopic (exact) mass is 981 g/mol. The number of esters is 3. The van der Waals surface area contributed by atoms with Gasteiger partial charge in [0.15, 0.2) is 6.10 Å². The highest BCUT2D eigenvalue weighted by molar-refractivity contribution is 5.71. The molecular weight excluding hydrogens is 877 g/mol. The van der Waals surface area contributed by atoms with Gasteiger partial charge >= 0.3 is 17.9 Å². The van der Waals surface area contributed by atoms with Crippen LogP contribution in [0.1, 0.15) is 239 Å². The molecule has 0 aromatic heterocycles. The molecule has 0 rings (SSSR count). The van der Waals surface area contributed by atoms with Gasteiger partial charge in [0.1, 0.15) is 13.2 Å². The molecule has 1 atom stereocenters. The maximum Gasteiger partial charge on any atom is 0.306 e. The summed E-state index contributed by atoms with van der Waals surface area (Å²) in [6.07, 6.45) is 81.5. The molecule has 6 heteroatoms. The van der Waals surface area contributed by atoms with Gasteiger partial charge in [-0.2, -0.15) is 0 Å². The number of hydrogen-bond acceptors (Lipinski definition) is 6. The Kier molecular flexibility index (Phi) is 54.5. The summed E-state index contributed by atoms with van der Waals surface area (Å²) < 4.78 is 16.8.